The molecule has 1 N–H and O–H groups in total. The fourth-order valence-electron chi connectivity index (χ4n) is 3.35. The summed E-state index contributed by atoms with van der Waals surface area (Å²) < 4.78 is 1.87. The molecule has 1 atom stereocenters. The minimum absolute atomic E-state index is 0.814. The van der Waals surface area contributed by atoms with Crippen molar-refractivity contribution in [1.82, 2.24) is 24.8 Å². The van der Waals surface area contributed by atoms with Crippen LogP contribution in [0.2, 0.25) is 0 Å². The number of aryl methyl sites for hydroxylation is 1. The van der Waals surface area contributed by atoms with Crippen LogP contribution < -0.4 is 5.32 Å². The van der Waals surface area contributed by atoms with Crippen molar-refractivity contribution in [2.75, 3.05) is 19.6 Å². The van der Waals surface area contributed by atoms with Crippen LogP contribution in [0.1, 0.15) is 30.5 Å². The molecule has 2 aromatic heterocycles. The highest BCUT2D eigenvalue weighted by Gasteiger charge is 2.33. The minimum atomic E-state index is 0.814. The molecule has 0 bridgehead atoms. The summed E-state index contributed by atoms with van der Waals surface area (Å²) in [6, 6.07) is 2.92. The van der Waals surface area contributed by atoms with Gasteiger partial charge in [-0.05, 0) is 45.2 Å². The summed E-state index contributed by atoms with van der Waals surface area (Å²) >= 11 is 0. The van der Waals surface area contributed by atoms with Crippen molar-refractivity contribution in [3.05, 3.63) is 29.7 Å². The van der Waals surface area contributed by atoms with E-state index in [2.05, 4.69) is 26.5 Å². The molecule has 0 radical (unpaired) electrons. The molecule has 1 saturated heterocycles. The van der Waals surface area contributed by atoms with E-state index in [1.807, 2.05) is 23.7 Å². The number of likely N-dealkylation sites (tertiary alicyclic amines) is 1. The molecule has 5 heteroatoms. The summed E-state index contributed by atoms with van der Waals surface area (Å²) in [5.74, 6) is 0.814. The van der Waals surface area contributed by atoms with Crippen molar-refractivity contribution in [2.45, 2.75) is 38.8 Å². The van der Waals surface area contributed by atoms with Crippen LogP contribution >= 0.6 is 0 Å². The largest absolute Gasteiger partial charge is 0.312 e. The maximum atomic E-state index is 4.45. The van der Waals surface area contributed by atoms with E-state index in [9.17, 15) is 0 Å². The predicted molar refractivity (Wildman–Crippen MR) is 82.1 cm³/mol. The zero-order valence-electron chi connectivity index (χ0n) is 12.6. The van der Waals surface area contributed by atoms with E-state index in [1.54, 1.807) is 0 Å². The third-order valence-electron chi connectivity index (χ3n) is 4.63. The Labute approximate surface area is 125 Å². The second-order valence-electron chi connectivity index (χ2n) is 6.56. The maximum Gasteiger partial charge on any atom is 0.155 e. The Balaban J connectivity index is 1.29. The zero-order valence-corrected chi connectivity index (χ0v) is 12.6. The number of nitrogens with one attached hydrogen (secondary N) is 1. The number of aromatic nitrogens is 3. The van der Waals surface area contributed by atoms with Gasteiger partial charge in [-0.3, -0.25) is 0 Å². The Morgan fingerprint density at radius 1 is 1.33 bits per heavy atom. The Morgan fingerprint density at radius 3 is 3.10 bits per heavy atom. The summed E-state index contributed by atoms with van der Waals surface area (Å²) in [4.78, 5) is 7.12. The molecule has 0 aromatic carbocycles. The molecule has 0 spiro atoms. The summed E-state index contributed by atoms with van der Waals surface area (Å²) in [7, 11) is 0. The van der Waals surface area contributed by atoms with Crippen LogP contribution in [0, 0.1) is 12.8 Å². The standard InChI is InChI=1S/C16H23N5/c1-12-6-16-18-9-14(11-21(16)19-12)8-17-7-13-4-5-20(10-13)15-2-3-15/h6,9,11,13,15,17H,2-5,7-8,10H2,1H3. The van der Waals surface area contributed by atoms with Crippen LogP contribution in [0.4, 0.5) is 0 Å². The average molecular weight is 285 g/mol. The number of rotatable bonds is 5. The molecular formula is C16H23N5. The van der Waals surface area contributed by atoms with E-state index < -0.39 is 0 Å². The van der Waals surface area contributed by atoms with Crippen LogP contribution in [0.5, 0.6) is 0 Å². The lowest BCUT2D eigenvalue weighted by Crippen LogP contribution is -2.27. The summed E-state index contributed by atoms with van der Waals surface area (Å²) in [5.41, 5.74) is 3.13. The molecule has 1 aliphatic heterocycles. The Hall–Kier alpha value is -1.46. The van der Waals surface area contributed by atoms with E-state index in [0.717, 1.165) is 36.4 Å². The van der Waals surface area contributed by atoms with Gasteiger partial charge in [-0.2, -0.15) is 5.10 Å². The van der Waals surface area contributed by atoms with Gasteiger partial charge in [0.15, 0.2) is 5.65 Å². The molecule has 1 saturated carbocycles. The first-order valence-corrected chi connectivity index (χ1v) is 8.03. The summed E-state index contributed by atoms with van der Waals surface area (Å²) in [6.45, 7) is 6.57. The summed E-state index contributed by atoms with van der Waals surface area (Å²) in [6.07, 6.45) is 8.23. The average Bonchev–Trinajstić information content (AvgIpc) is 3.09. The maximum absolute atomic E-state index is 4.45. The molecule has 2 fully saturated rings. The first-order valence-electron chi connectivity index (χ1n) is 8.03. The van der Waals surface area contributed by atoms with Crippen molar-refractivity contribution in [2.24, 2.45) is 5.92 Å². The molecule has 21 heavy (non-hydrogen) atoms. The van der Waals surface area contributed by atoms with E-state index in [-0.39, 0.29) is 0 Å². The first-order chi connectivity index (χ1) is 10.3. The highest BCUT2D eigenvalue weighted by molar-refractivity contribution is 5.38. The van der Waals surface area contributed by atoms with Gasteiger partial charge in [-0.25, -0.2) is 9.50 Å². The van der Waals surface area contributed by atoms with Gasteiger partial charge in [0.2, 0.25) is 0 Å². The van der Waals surface area contributed by atoms with Crippen molar-refractivity contribution in [3.63, 3.8) is 0 Å². The van der Waals surface area contributed by atoms with E-state index >= 15 is 0 Å². The van der Waals surface area contributed by atoms with E-state index in [4.69, 9.17) is 0 Å². The molecule has 5 nitrogen and oxygen atoms in total. The molecule has 4 rings (SSSR count). The van der Waals surface area contributed by atoms with E-state index in [0.29, 0.717) is 0 Å². The van der Waals surface area contributed by atoms with Crippen molar-refractivity contribution in [3.8, 4) is 0 Å². The van der Waals surface area contributed by atoms with Gasteiger partial charge in [0.05, 0.1) is 5.69 Å². The highest BCUT2D eigenvalue weighted by Crippen LogP contribution is 2.31. The number of hydrogen-bond donors (Lipinski definition) is 1. The van der Waals surface area contributed by atoms with Crippen LogP contribution in [0.25, 0.3) is 5.65 Å². The molecule has 2 aliphatic rings. The predicted octanol–water partition coefficient (Wildman–Crippen LogP) is 1.61. The zero-order chi connectivity index (χ0) is 14.2. The fourth-order valence-corrected chi connectivity index (χ4v) is 3.35. The second kappa shape index (κ2) is 5.39. The molecular weight excluding hydrogens is 262 g/mol. The minimum Gasteiger partial charge on any atom is -0.312 e. The summed E-state index contributed by atoms with van der Waals surface area (Å²) in [5, 5.41) is 8.00. The van der Waals surface area contributed by atoms with Gasteiger partial charge in [0.1, 0.15) is 0 Å². The van der Waals surface area contributed by atoms with Crippen molar-refractivity contribution >= 4 is 5.65 Å². The third kappa shape index (κ3) is 2.94. The van der Waals surface area contributed by atoms with Gasteiger partial charge in [0, 0.05) is 43.2 Å². The van der Waals surface area contributed by atoms with Gasteiger partial charge in [-0.1, -0.05) is 0 Å². The fraction of sp³-hybridized carbons (Fsp3) is 0.625. The Morgan fingerprint density at radius 2 is 2.24 bits per heavy atom. The lowest BCUT2D eigenvalue weighted by molar-refractivity contribution is 0.312. The molecule has 1 unspecified atom stereocenters. The topological polar surface area (TPSA) is 45.5 Å². The van der Waals surface area contributed by atoms with Gasteiger partial charge >= 0.3 is 0 Å². The number of hydrogen-bond acceptors (Lipinski definition) is 4. The van der Waals surface area contributed by atoms with E-state index in [1.165, 1.54) is 37.9 Å². The Bertz CT molecular complexity index is 631. The van der Waals surface area contributed by atoms with Crippen molar-refractivity contribution < 1.29 is 0 Å². The normalized spacial score (nSPS) is 23.2. The molecule has 112 valence electrons. The monoisotopic (exact) mass is 285 g/mol. The van der Waals surface area contributed by atoms with Crippen LogP contribution in [0.3, 0.4) is 0 Å². The number of nitrogens with zero attached hydrogens (tertiary/aromatic N) is 4. The molecule has 3 heterocycles. The molecule has 0 amide bonds. The number of fused-ring (bicyclic) bond motifs is 1. The van der Waals surface area contributed by atoms with Gasteiger partial charge in [0.25, 0.3) is 0 Å². The quantitative estimate of drug-likeness (QED) is 0.906. The third-order valence-corrected chi connectivity index (χ3v) is 4.63. The van der Waals surface area contributed by atoms with Crippen LogP contribution in [-0.2, 0) is 6.54 Å². The lowest BCUT2D eigenvalue weighted by atomic mass is 10.1. The van der Waals surface area contributed by atoms with Crippen molar-refractivity contribution in [1.29, 1.82) is 0 Å². The molecule has 2 aromatic rings. The Kier molecular flexibility index (Phi) is 3.39. The lowest BCUT2D eigenvalue weighted by Gasteiger charge is -2.15. The smallest absolute Gasteiger partial charge is 0.155 e. The molecule has 1 aliphatic carbocycles. The second-order valence-corrected chi connectivity index (χ2v) is 6.56. The highest BCUT2D eigenvalue weighted by atomic mass is 15.2. The van der Waals surface area contributed by atoms with Crippen LogP contribution in [0.15, 0.2) is 18.5 Å². The van der Waals surface area contributed by atoms with Gasteiger partial charge < -0.3 is 10.2 Å². The SMILES string of the molecule is Cc1cc2ncc(CNCC3CCN(C4CC4)C3)cn2n1. The van der Waals surface area contributed by atoms with Gasteiger partial charge in [-0.15, -0.1) is 0 Å². The van der Waals surface area contributed by atoms with Crippen LogP contribution in [-0.4, -0.2) is 45.2 Å². The first kappa shape index (κ1) is 13.2.